The average molecular weight is 266 g/mol. The van der Waals surface area contributed by atoms with E-state index in [-0.39, 0.29) is 5.91 Å². The number of methoxy groups -OCH3 is 2. The summed E-state index contributed by atoms with van der Waals surface area (Å²) in [7, 11) is 3.26. The predicted molar refractivity (Wildman–Crippen MR) is 74.5 cm³/mol. The number of benzene rings is 1. The van der Waals surface area contributed by atoms with Gasteiger partial charge in [0, 0.05) is 13.7 Å². The van der Waals surface area contributed by atoms with Crippen molar-refractivity contribution in [3.05, 3.63) is 29.8 Å². The summed E-state index contributed by atoms with van der Waals surface area (Å²) >= 11 is 0. The van der Waals surface area contributed by atoms with Crippen molar-refractivity contribution in [2.45, 2.75) is 6.42 Å². The Labute approximate surface area is 114 Å². The maximum Gasteiger partial charge on any atom is 0.234 e. The molecule has 0 saturated carbocycles. The first-order valence-corrected chi connectivity index (χ1v) is 6.35. The second kappa shape index (κ2) is 9.35. The lowest BCUT2D eigenvalue weighted by atomic mass is 10.1. The highest BCUT2D eigenvalue weighted by Gasteiger charge is 2.00. The molecule has 0 aliphatic carbocycles. The topological polar surface area (TPSA) is 59.6 Å². The molecule has 1 rings (SSSR count). The van der Waals surface area contributed by atoms with Gasteiger partial charge in [0.05, 0.1) is 20.3 Å². The number of nitrogens with one attached hydrogen (secondary N) is 2. The van der Waals surface area contributed by atoms with Crippen molar-refractivity contribution in [3.8, 4) is 5.75 Å². The van der Waals surface area contributed by atoms with Crippen molar-refractivity contribution in [2.24, 2.45) is 0 Å². The van der Waals surface area contributed by atoms with Gasteiger partial charge in [0.1, 0.15) is 5.75 Å². The third kappa shape index (κ3) is 6.79. The number of ether oxygens (including phenoxy) is 2. The number of rotatable bonds is 9. The Kier molecular flexibility index (Phi) is 7.62. The fourth-order valence-corrected chi connectivity index (χ4v) is 1.62. The average Bonchev–Trinajstić information content (AvgIpc) is 2.44. The van der Waals surface area contributed by atoms with Crippen molar-refractivity contribution >= 4 is 5.91 Å². The summed E-state index contributed by atoms with van der Waals surface area (Å²) < 4.78 is 10.0. The molecule has 0 unspecified atom stereocenters. The summed E-state index contributed by atoms with van der Waals surface area (Å²) in [6.07, 6.45) is 0.864. The minimum atomic E-state index is -0.0114. The Morgan fingerprint density at radius 2 is 2.11 bits per heavy atom. The van der Waals surface area contributed by atoms with Crippen LogP contribution in [0.1, 0.15) is 5.56 Å². The van der Waals surface area contributed by atoms with E-state index in [9.17, 15) is 4.79 Å². The molecule has 0 atom stereocenters. The molecule has 19 heavy (non-hydrogen) atoms. The Bertz CT molecular complexity index is 383. The summed E-state index contributed by atoms with van der Waals surface area (Å²) in [6, 6.07) is 7.93. The summed E-state index contributed by atoms with van der Waals surface area (Å²) in [4.78, 5) is 11.4. The molecular formula is C14H22N2O3. The molecule has 0 saturated heterocycles. The molecule has 1 aromatic carbocycles. The highest BCUT2D eigenvalue weighted by Crippen LogP contribution is 2.12. The van der Waals surface area contributed by atoms with Crippen LogP contribution in [0.4, 0.5) is 0 Å². The number of hydrogen-bond acceptors (Lipinski definition) is 4. The van der Waals surface area contributed by atoms with Gasteiger partial charge in [-0.3, -0.25) is 4.79 Å². The van der Waals surface area contributed by atoms with Gasteiger partial charge in [0.15, 0.2) is 0 Å². The molecule has 0 bridgehead atoms. The smallest absolute Gasteiger partial charge is 0.234 e. The highest BCUT2D eigenvalue weighted by atomic mass is 16.5. The number of amides is 1. The molecule has 0 spiro atoms. The van der Waals surface area contributed by atoms with Crippen molar-refractivity contribution in [1.29, 1.82) is 0 Å². The molecule has 1 amide bonds. The van der Waals surface area contributed by atoms with Crippen LogP contribution in [0, 0.1) is 0 Å². The molecule has 0 aromatic heterocycles. The van der Waals surface area contributed by atoms with E-state index in [0.717, 1.165) is 18.7 Å². The fourth-order valence-electron chi connectivity index (χ4n) is 1.62. The number of carbonyl (C=O) groups excluding carboxylic acids is 1. The molecule has 0 radical (unpaired) electrons. The normalized spacial score (nSPS) is 10.2. The molecule has 0 aliphatic rings. The summed E-state index contributed by atoms with van der Waals surface area (Å²) in [5.41, 5.74) is 1.19. The first-order chi connectivity index (χ1) is 9.26. The van der Waals surface area contributed by atoms with Gasteiger partial charge in [-0.2, -0.15) is 0 Å². The summed E-state index contributed by atoms with van der Waals surface area (Å²) in [5.74, 6) is 0.845. The predicted octanol–water partition coefficient (Wildman–Crippen LogP) is 0.590. The van der Waals surface area contributed by atoms with Crippen molar-refractivity contribution < 1.29 is 14.3 Å². The molecule has 106 valence electrons. The van der Waals surface area contributed by atoms with E-state index in [0.29, 0.717) is 19.7 Å². The maximum absolute atomic E-state index is 11.4. The van der Waals surface area contributed by atoms with Gasteiger partial charge >= 0.3 is 0 Å². The van der Waals surface area contributed by atoms with E-state index in [1.165, 1.54) is 5.56 Å². The van der Waals surface area contributed by atoms with Crippen LogP contribution in [0.15, 0.2) is 24.3 Å². The number of hydrogen-bond donors (Lipinski definition) is 2. The van der Waals surface area contributed by atoms with E-state index >= 15 is 0 Å². The molecule has 5 nitrogen and oxygen atoms in total. The Morgan fingerprint density at radius 1 is 1.26 bits per heavy atom. The largest absolute Gasteiger partial charge is 0.497 e. The van der Waals surface area contributed by atoms with Gasteiger partial charge < -0.3 is 20.1 Å². The quantitative estimate of drug-likeness (QED) is 0.642. The number of carbonyl (C=O) groups is 1. The van der Waals surface area contributed by atoms with Crippen LogP contribution in [-0.2, 0) is 16.0 Å². The lowest BCUT2D eigenvalue weighted by Gasteiger charge is -2.07. The SMILES string of the molecule is COCCNC(=O)CNCCc1cccc(OC)c1. The Morgan fingerprint density at radius 3 is 2.84 bits per heavy atom. The molecule has 0 aliphatic heterocycles. The van der Waals surface area contributed by atoms with E-state index in [1.54, 1.807) is 14.2 Å². The maximum atomic E-state index is 11.4. The van der Waals surface area contributed by atoms with Crippen LogP contribution >= 0.6 is 0 Å². The molecule has 2 N–H and O–H groups in total. The zero-order chi connectivity index (χ0) is 13.9. The zero-order valence-electron chi connectivity index (χ0n) is 11.6. The van der Waals surface area contributed by atoms with Gasteiger partial charge in [-0.15, -0.1) is 0 Å². The summed E-state index contributed by atoms with van der Waals surface area (Å²) in [6.45, 7) is 2.17. The highest BCUT2D eigenvalue weighted by molar-refractivity contribution is 5.77. The van der Waals surface area contributed by atoms with Gasteiger partial charge in [-0.25, -0.2) is 0 Å². The van der Waals surface area contributed by atoms with E-state index in [4.69, 9.17) is 9.47 Å². The third-order valence-corrected chi connectivity index (χ3v) is 2.64. The fraction of sp³-hybridized carbons (Fsp3) is 0.500. The van der Waals surface area contributed by atoms with E-state index in [2.05, 4.69) is 10.6 Å². The van der Waals surface area contributed by atoms with Crippen LogP contribution in [-0.4, -0.2) is 46.4 Å². The Hall–Kier alpha value is -1.59. The van der Waals surface area contributed by atoms with Gasteiger partial charge in [0.2, 0.25) is 5.91 Å². The minimum absolute atomic E-state index is 0.0114. The second-order valence-electron chi connectivity index (χ2n) is 4.12. The van der Waals surface area contributed by atoms with Gasteiger partial charge in [0.25, 0.3) is 0 Å². The van der Waals surface area contributed by atoms with Gasteiger partial charge in [-0.05, 0) is 30.7 Å². The van der Waals surface area contributed by atoms with Crippen molar-refractivity contribution in [1.82, 2.24) is 10.6 Å². The standard InChI is InChI=1S/C14H22N2O3/c1-18-9-8-16-14(17)11-15-7-6-12-4-3-5-13(10-12)19-2/h3-5,10,15H,6-9,11H2,1-2H3,(H,16,17). The Balaban J connectivity index is 2.14. The van der Waals surface area contributed by atoms with Crippen LogP contribution in [0.25, 0.3) is 0 Å². The molecule has 1 aromatic rings. The van der Waals surface area contributed by atoms with Crippen LogP contribution in [0.5, 0.6) is 5.75 Å². The van der Waals surface area contributed by atoms with Crippen LogP contribution in [0.3, 0.4) is 0 Å². The van der Waals surface area contributed by atoms with Crippen molar-refractivity contribution in [3.63, 3.8) is 0 Å². The first-order valence-electron chi connectivity index (χ1n) is 6.35. The van der Waals surface area contributed by atoms with Crippen LogP contribution < -0.4 is 15.4 Å². The second-order valence-corrected chi connectivity index (χ2v) is 4.12. The van der Waals surface area contributed by atoms with Crippen molar-refractivity contribution in [2.75, 3.05) is 40.5 Å². The van der Waals surface area contributed by atoms with Crippen LogP contribution in [0.2, 0.25) is 0 Å². The third-order valence-electron chi connectivity index (χ3n) is 2.64. The lowest BCUT2D eigenvalue weighted by molar-refractivity contribution is -0.120. The molecular weight excluding hydrogens is 244 g/mol. The lowest BCUT2D eigenvalue weighted by Crippen LogP contribution is -2.36. The monoisotopic (exact) mass is 266 g/mol. The summed E-state index contributed by atoms with van der Waals surface area (Å²) in [5, 5.41) is 5.86. The first kappa shape index (κ1) is 15.5. The molecule has 0 heterocycles. The van der Waals surface area contributed by atoms with E-state index < -0.39 is 0 Å². The minimum Gasteiger partial charge on any atom is -0.497 e. The van der Waals surface area contributed by atoms with E-state index in [1.807, 2.05) is 24.3 Å². The molecule has 0 fully saturated rings. The molecule has 5 heteroatoms. The van der Waals surface area contributed by atoms with Gasteiger partial charge in [-0.1, -0.05) is 12.1 Å². The zero-order valence-corrected chi connectivity index (χ0v) is 11.6.